The summed E-state index contributed by atoms with van der Waals surface area (Å²) in [5.41, 5.74) is 12.7. The van der Waals surface area contributed by atoms with E-state index in [-0.39, 0.29) is 0 Å². The average molecular weight is 330 g/mol. The van der Waals surface area contributed by atoms with Gasteiger partial charge in [0.15, 0.2) is 0 Å². The number of benzene rings is 1. The summed E-state index contributed by atoms with van der Waals surface area (Å²) in [5.74, 6) is 1.82. The maximum Gasteiger partial charge on any atom is 0.250 e. The topological polar surface area (TPSA) is 81.1 Å². The summed E-state index contributed by atoms with van der Waals surface area (Å²) in [4.78, 5) is 11.3. The van der Waals surface area contributed by atoms with Gasteiger partial charge in [-0.2, -0.15) is 11.8 Å². The molecule has 2 rings (SSSR count). The third-order valence-corrected chi connectivity index (χ3v) is 4.80. The van der Waals surface area contributed by atoms with Crippen LogP contribution in [0.5, 0.6) is 0 Å². The molecule has 18 heavy (non-hydrogen) atoms. The fourth-order valence-electron chi connectivity index (χ4n) is 1.99. The fraction of sp³-hybridized carbons (Fsp3) is 0.417. The Bertz CT molecular complexity index is 461. The van der Waals surface area contributed by atoms with Crippen molar-refractivity contribution < 1.29 is 4.79 Å². The van der Waals surface area contributed by atoms with Gasteiger partial charge in [-0.1, -0.05) is 0 Å². The van der Waals surface area contributed by atoms with Crippen LogP contribution in [-0.4, -0.2) is 23.5 Å². The van der Waals surface area contributed by atoms with Gasteiger partial charge in [-0.3, -0.25) is 4.79 Å². The number of hydrogen-bond donors (Lipinski definition) is 3. The van der Waals surface area contributed by atoms with Gasteiger partial charge < -0.3 is 16.8 Å². The molecule has 6 heteroatoms. The van der Waals surface area contributed by atoms with Gasteiger partial charge in [0.05, 0.1) is 5.56 Å². The lowest BCUT2D eigenvalue weighted by molar-refractivity contribution is 0.100. The molecule has 1 heterocycles. The standard InChI is InChI=1S/C12H16BrN3OS/c13-9-5-10(14)8(12(15)17)4-11(9)16-7-2-1-3-18-6-7/h4-5,7,16H,1-3,6,14H2,(H2,15,17). The first-order valence-electron chi connectivity index (χ1n) is 5.81. The maximum absolute atomic E-state index is 11.3. The fourth-order valence-corrected chi connectivity index (χ4v) is 3.53. The Hall–Kier alpha value is -0.880. The van der Waals surface area contributed by atoms with Crippen LogP contribution in [0.1, 0.15) is 23.2 Å². The molecule has 0 aromatic heterocycles. The highest BCUT2D eigenvalue weighted by Gasteiger charge is 2.16. The zero-order chi connectivity index (χ0) is 13.1. The van der Waals surface area contributed by atoms with Crippen molar-refractivity contribution in [3.63, 3.8) is 0 Å². The van der Waals surface area contributed by atoms with Crippen LogP contribution in [0.25, 0.3) is 0 Å². The van der Waals surface area contributed by atoms with Crippen LogP contribution in [0.4, 0.5) is 11.4 Å². The van der Waals surface area contributed by atoms with Crippen molar-refractivity contribution >= 4 is 45.0 Å². The van der Waals surface area contributed by atoms with Gasteiger partial charge in [0, 0.05) is 27.6 Å². The van der Waals surface area contributed by atoms with Crippen LogP contribution in [0, 0.1) is 0 Å². The number of nitrogens with two attached hydrogens (primary N) is 2. The molecular weight excluding hydrogens is 314 g/mol. The third-order valence-electron chi connectivity index (χ3n) is 2.92. The van der Waals surface area contributed by atoms with Crippen molar-refractivity contribution in [1.29, 1.82) is 0 Å². The molecule has 0 spiro atoms. The van der Waals surface area contributed by atoms with Gasteiger partial charge in [-0.15, -0.1) is 0 Å². The zero-order valence-electron chi connectivity index (χ0n) is 9.91. The van der Waals surface area contributed by atoms with Crippen LogP contribution < -0.4 is 16.8 Å². The minimum absolute atomic E-state index is 0.365. The molecule has 1 atom stereocenters. The van der Waals surface area contributed by atoms with E-state index in [1.807, 2.05) is 11.8 Å². The highest BCUT2D eigenvalue weighted by atomic mass is 79.9. The van der Waals surface area contributed by atoms with Crippen molar-refractivity contribution in [2.24, 2.45) is 5.73 Å². The van der Waals surface area contributed by atoms with Gasteiger partial charge in [0.25, 0.3) is 5.91 Å². The number of carbonyl (C=O) groups excluding carboxylic acids is 1. The molecule has 1 fully saturated rings. The van der Waals surface area contributed by atoms with E-state index in [0.29, 0.717) is 17.3 Å². The van der Waals surface area contributed by atoms with Crippen molar-refractivity contribution in [3.05, 3.63) is 22.2 Å². The maximum atomic E-state index is 11.3. The van der Waals surface area contributed by atoms with Gasteiger partial charge in [-0.25, -0.2) is 0 Å². The predicted octanol–water partition coefficient (Wildman–Crippen LogP) is 2.44. The van der Waals surface area contributed by atoms with E-state index in [4.69, 9.17) is 11.5 Å². The lowest BCUT2D eigenvalue weighted by atomic mass is 10.1. The summed E-state index contributed by atoms with van der Waals surface area (Å²) >= 11 is 5.40. The minimum atomic E-state index is -0.499. The van der Waals surface area contributed by atoms with E-state index in [1.165, 1.54) is 12.2 Å². The molecular formula is C12H16BrN3OS. The van der Waals surface area contributed by atoms with Gasteiger partial charge in [0.1, 0.15) is 0 Å². The van der Waals surface area contributed by atoms with E-state index in [0.717, 1.165) is 22.3 Å². The number of thioether (sulfide) groups is 1. The molecule has 98 valence electrons. The third kappa shape index (κ3) is 3.11. The molecule has 1 saturated heterocycles. The van der Waals surface area contributed by atoms with Crippen molar-refractivity contribution in [3.8, 4) is 0 Å². The first-order valence-corrected chi connectivity index (χ1v) is 7.76. The lowest BCUT2D eigenvalue weighted by Crippen LogP contribution is -2.26. The number of hydrogen-bond acceptors (Lipinski definition) is 4. The Balaban J connectivity index is 2.21. The highest BCUT2D eigenvalue weighted by molar-refractivity contribution is 9.10. The SMILES string of the molecule is NC(=O)c1cc(NC2CCCSC2)c(Br)cc1N. The molecule has 1 unspecified atom stereocenters. The molecule has 4 nitrogen and oxygen atoms in total. The molecule has 1 aliphatic rings. The summed E-state index contributed by atoms with van der Waals surface area (Å²) in [6.45, 7) is 0. The van der Waals surface area contributed by atoms with Crippen molar-refractivity contribution in [2.45, 2.75) is 18.9 Å². The molecule has 1 aromatic carbocycles. The number of carbonyl (C=O) groups is 1. The van der Waals surface area contributed by atoms with Crippen LogP contribution >= 0.6 is 27.7 Å². The number of primary amides is 1. The average Bonchev–Trinajstić information content (AvgIpc) is 2.33. The quantitative estimate of drug-likeness (QED) is 0.744. The van der Waals surface area contributed by atoms with E-state index >= 15 is 0 Å². The number of nitrogen functional groups attached to an aromatic ring is 1. The van der Waals surface area contributed by atoms with E-state index in [2.05, 4.69) is 21.2 Å². The Morgan fingerprint density at radius 1 is 1.50 bits per heavy atom. The highest BCUT2D eigenvalue weighted by Crippen LogP contribution is 2.30. The first-order chi connectivity index (χ1) is 8.58. The summed E-state index contributed by atoms with van der Waals surface area (Å²) in [6.07, 6.45) is 2.37. The molecule has 0 aliphatic carbocycles. The molecule has 0 radical (unpaired) electrons. The first kappa shape index (κ1) is 13.5. The number of halogens is 1. The van der Waals surface area contributed by atoms with Gasteiger partial charge >= 0.3 is 0 Å². The van der Waals surface area contributed by atoms with Gasteiger partial charge in [0.2, 0.25) is 0 Å². The van der Waals surface area contributed by atoms with Crippen LogP contribution in [-0.2, 0) is 0 Å². The molecule has 5 N–H and O–H groups in total. The second-order valence-electron chi connectivity index (χ2n) is 4.34. The van der Waals surface area contributed by atoms with Crippen LogP contribution in [0.3, 0.4) is 0 Å². The molecule has 1 aliphatic heterocycles. The second kappa shape index (κ2) is 5.84. The van der Waals surface area contributed by atoms with Crippen LogP contribution in [0.15, 0.2) is 16.6 Å². The smallest absolute Gasteiger partial charge is 0.250 e. The van der Waals surface area contributed by atoms with E-state index < -0.39 is 5.91 Å². The largest absolute Gasteiger partial charge is 0.398 e. The van der Waals surface area contributed by atoms with E-state index in [1.54, 1.807) is 12.1 Å². The summed E-state index contributed by atoms with van der Waals surface area (Å²) in [7, 11) is 0. The normalized spacial score (nSPS) is 19.5. The molecule has 0 bridgehead atoms. The Morgan fingerprint density at radius 2 is 2.28 bits per heavy atom. The van der Waals surface area contributed by atoms with Gasteiger partial charge in [-0.05, 0) is 46.7 Å². The number of nitrogens with one attached hydrogen (secondary N) is 1. The van der Waals surface area contributed by atoms with Crippen molar-refractivity contribution in [1.82, 2.24) is 0 Å². The molecule has 1 aromatic rings. The number of amides is 1. The summed E-state index contributed by atoms with van der Waals surface area (Å²) in [6, 6.07) is 3.88. The summed E-state index contributed by atoms with van der Waals surface area (Å²) < 4.78 is 0.862. The van der Waals surface area contributed by atoms with Crippen LogP contribution in [0.2, 0.25) is 0 Å². The number of anilines is 2. The number of rotatable bonds is 3. The van der Waals surface area contributed by atoms with E-state index in [9.17, 15) is 4.79 Å². The predicted molar refractivity (Wildman–Crippen MR) is 81.0 cm³/mol. The summed E-state index contributed by atoms with van der Waals surface area (Å²) in [5, 5.41) is 3.44. The second-order valence-corrected chi connectivity index (χ2v) is 6.35. The molecule has 0 saturated carbocycles. The minimum Gasteiger partial charge on any atom is -0.398 e. The monoisotopic (exact) mass is 329 g/mol. The Kier molecular flexibility index (Phi) is 4.40. The zero-order valence-corrected chi connectivity index (χ0v) is 12.3. The molecule has 1 amide bonds. The Morgan fingerprint density at radius 3 is 2.89 bits per heavy atom. The lowest BCUT2D eigenvalue weighted by Gasteiger charge is -2.24. The Labute approximate surface area is 119 Å². The van der Waals surface area contributed by atoms with Crippen molar-refractivity contribution in [2.75, 3.05) is 22.6 Å².